The minimum atomic E-state index is -0.819. The maximum atomic E-state index is 12.1. The first-order valence-electron chi connectivity index (χ1n) is 7.23. The number of carboxylic acid groups (broad SMARTS) is 1. The molecule has 0 bridgehead atoms. The number of rotatable bonds is 6. The third-order valence-electron chi connectivity index (χ3n) is 3.84. The molecule has 19 heavy (non-hydrogen) atoms. The number of hydrogen-bond donors (Lipinski definition) is 2. The molecule has 3 atom stereocenters. The van der Waals surface area contributed by atoms with Crippen LogP contribution in [0.4, 0.5) is 0 Å². The molecule has 5 heteroatoms. The summed E-state index contributed by atoms with van der Waals surface area (Å²) in [6.45, 7) is 7.11. The highest BCUT2D eigenvalue weighted by atomic mass is 16.4. The van der Waals surface area contributed by atoms with E-state index in [1.807, 2.05) is 11.8 Å². The molecule has 1 aliphatic rings. The van der Waals surface area contributed by atoms with Gasteiger partial charge in [-0.2, -0.15) is 0 Å². The molecule has 5 nitrogen and oxygen atoms in total. The lowest BCUT2D eigenvalue weighted by atomic mass is 9.95. The van der Waals surface area contributed by atoms with Crippen LogP contribution in [0.3, 0.4) is 0 Å². The molecular weight excluding hydrogens is 244 g/mol. The highest BCUT2D eigenvalue weighted by Gasteiger charge is 2.30. The van der Waals surface area contributed by atoms with E-state index in [4.69, 9.17) is 5.11 Å². The van der Waals surface area contributed by atoms with Gasteiger partial charge < -0.3 is 10.4 Å². The van der Waals surface area contributed by atoms with Gasteiger partial charge in [0, 0.05) is 12.6 Å². The standard InChI is InChI=1S/C14H26N2O3/c1-4-6-10(2)15-13(17)12-7-5-8-16(9-12)11(3)14(18)19/h10-12H,4-9H2,1-3H3,(H,15,17)(H,18,19)/t10-,11+,12-/m0/s1. The second-order valence-corrected chi connectivity index (χ2v) is 5.55. The van der Waals surface area contributed by atoms with Crippen LogP contribution in [0.2, 0.25) is 0 Å². The SMILES string of the molecule is CCC[C@H](C)NC(=O)[C@H]1CCCN([C@H](C)C(=O)O)C1. The van der Waals surface area contributed by atoms with Crippen molar-refractivity contribution in [1.29, 1.82) is 0 Å². The first-order chi connectivity index (χ1) is 8.95. The van der Waals surface area contributed by atoms with E-state index in [0.717, 1.165) is 32.2 Å². The fraction of sp³-hybridized carbons (Fsp3) is 0.857. The molecule has 1 saturated heterocycles. The summed E-state index contributed by atoms with van der Waals surface area (Å²) in [6.07, 6.45) is 3.77. The summed E-state index contributed by atoms with van der Waals surface area (Å²) in [7, 11) is 0. The number of nitrogens with one attached hydrogen (secondary N) is 1. The molecule has 1 fully saturated rings. The number of carbonyl (C=O) groups excluding carboxylic acids is 1. The Labute approximate surface area is 115 Å². The average molecular weight is 270 g/mol. The maximum Gasteiger partial charge on any atom is 0.320 e. The molecular formula is C14H26N2O3. The Morgan fingerprint density at radius 2 is 2.11 bits per heavy atom. The normalized spacial score (nSPS) is 23.6. The maximum absolute atomic E-state index is 12.1. The Hall–Kier alpha value is -1.10. The van der Waals surface area contributed by atoms with E-state index in [0.29, 0.717) is 6.54 Å². The summed E-state index contributed by atoms with van der Waals surface area (Å²) in [5.41, 5.74) is 0. The summed E-state index contributed by atoms with van der Waals surface area (Å²) in [5, 5.41) is 12.1. The van der Waals surface area contributed by atoms with E-state index >= 15 is 0 Å². The van der Waals surface area contributed by atoms with Crippen LogP contribution in [0.5, 0.6) is 0 Å². The molecule has 110 valence electrons. The monoisotopic (exact) mass is 270 g/mol. The summed E-state index contributed by atoms with van der Waals surface area (Å²) in [4.78, 5) is 25.0. The quantitative estimate of drug-likeness (QED) is 0.767. The van der Waals surface area contributed by atoms with Crippen molar-refractivity contribution in [2.75, 3.05) is 13.1 Å². The molecule has 1 rings (SSSR count). The van der Waals surface area contributed by atoms with Gasteiger partial charge in [-0.1, -0.05) is 13.3 Å². The first-order valence-corrected chi connectivity index (χ1v) is 7.23. The van der Waals surface area contributed by atoms with Gasteiger partial charge in [0.05, 0.1) is 5.92 Å². The zero-order valence-corrected chi connectivity index (χ0v) is 12.2. The Morgan fingerprint density at radius 3 is 2.68 bits per heavy atom. The van der Waals surface area contributed by atoms with Crippen LogP contribution in [0.1, 0.15) is 46.5 Å². The van der Waals surface area contributed by atoms with Crippen molar-refractivity contribution in [2.24, 2.45) is 5.92 Å². The van der Waals surface area contributed by atoms with Crippen LogP contribution in [0.25, 0.3) is 0 Å². The number of piperidine rings is 1. The zero-order chi connectivity index (χ0) is 14.4. The van der Waals surface area contributed by atoms with Gasteiger partial charge in [-0.15, -0.1) is 0 Å². The number of carboxylic acids is 1. The van der Waals surface area contributed by atoms with Crippen molar-refractivity contribution >= 4 is 11.9 Å². The molecule has 1 aliphatic heterocycles. The van der Waals surface area contributed by atoms with Crippen molar-refractivity contribution in [3.63, 3.8) is 0 Å². The van der Waals surface area contributed by atoms with Gasteiger partial charge >= 0.3 is 5.97 Å². The smallest absolute Gasteiger partial charge is 0.320 e. The second kappa shape index (κ2) is 7.48. The van der Waals surface area contributed by atoms with Crippen LogP contribution in [0, 0.1) is 5.92 Å². The minimum absolute atomic E-state index is 0.0724. The van der Waals surface area contributed by atoms with Gasteiger partial charge in [0.2, 0.25) is 5.91 Å². The average Bonchev–Trinajstić information content (AvgIpc) is 2.38. The van der Waals surface area contributed by atoms with Crippen molar-refractivity contribution in [3.05, 3.63) is 0 Å². The largest absolute Gasteiger partial charge is 0.480 e. The topological polar surface area (TPSA) is 69.6 Å². The minimum Gasteiger partial charge on any atom is -0.480 e. The molecule has 0 spiro atoms. The Kier molecular flexibility index (Phi) is 6.28. The van der Waals surface area contributed by atoms with Gasteiger partial charge in [0.15, 0.2) is 0 Å². The van der Waals surface area contributed by atoms with Gasteiger partial charge in [-0.05, 0) is 39.7 Å². The zero-order valence-electron chi connectivity index (χ0n) is 12.2. The Bertz CT molecular complexity index is 320. The highest BCUT2D eigenvalue weighted by Crippen LogP contribution is 2.19. The molecule has 0 unspecified atom stereocenters. The van der Waals surface area contributed by atoms with Gasteiger partial charge in [-0.25, -0.2) is 0 Å². The molecule has 0 radical (unpaired) electrons. The van der Waals surface area contributed by atoms with E-state index in [9.17, 15) is 9.59 Å². The Morgan fingerprint density at radius 1 is 1.42 bits per heavy atom. The van der Waals surface area contributed by atoms with Crippen molar-refractivity contribution < 1.29 is 14.7 Å². The van der Waals surface area contributed by atoms with Crippen molar-refractivity contribution in [1.82, 2.24) is 10.2 Å². The van der Waals surface area contributed by atoms with E-state index in [1.54, 1.807) is 6.92 Å². The number of aliphatic carboxylic acids is 1. The molecule has 0 saturated carbocycles. The predicted octanol–water partition coefficient (Wildman–Crippen LogP) is 1.48. The third kappa shape index (κ3) is 4.82. The molecule has 0 aromatic heterocycles. The predicted molar refractivity (Wildman–Crippen MR) is 73.9 cm³/mol. The molecule has 0 aromatic rings. The Balaban J connectivity index is 2.50. The lowest BCUT2D eigenvalue weighted by Crippen LogP contribution is -2.49. The lowest BCUT2D eigenvalue weighted by molar-refractivity contribution is -0.144. The summed E-state index contributed by atoms with van der Waals surface area (Å²) < 4.78 is 0. The second-order valence-electron chi connectivity index (χ2n) is 5.55. The van der Waals surface area contributed by atoms with E-state index < -0.39 is 12.0 Å². The fourth-order valence-electron chi connectivity index (χ4n) is 2.59. The van der Waals surface area contributed by atoms with Gasteiger partial charge in [-0.3, -0.25) is 14.5 Å². The van der Waals surface area contributed by atoms with Crippen molar-refractivity contribution in [2.45, 2.75) is 58.5 Å². The van der Waals surface area contributed by atoms with E-state index in [1.165, 1.54) is 0 Å². The van der Waals surface area contributed by atoms with Crippen LogP contribution < -0.4 is 5.32 Å². The summed E-state index contributed by atoms with van der Waals surface area (Å²) >= 11 is 0. The van der Waals surface area contributed by atoms with Gasteiger partial charge in [0.25, 0.3) is 0 Å². The van der Waals surface area contributed by atoms with Crippen molar-refractivity contribution in [3.8, 4) is 0 Å². The molecule has 2 N–H and O–H groups in total. The van der Waals surface area contributed by atoms with Crippen LogP contribution in [0.15, 0.2) is 0 Å². The number of likely N-dealkylation sites (tertiary alicyclic amines) is 1. The number of nitrogens with zero attached hydrogens (tertiary/aromatic N) is 1. The summed E-state index contributed by atoms with van der Waals surface area (Å²) in [5.74, 6) is -0.821. The van der Waals surface area contributed by atoms with Crippen LogP contribution in [-0.4, -0.2) is 47.1 Å². The first kappa shape index (κ1) is 16.0. The number of carbonyl (C=O) groups is 2. The summed E-state index contributed by atoms with van der Waals surface area (Å²) in [6, 6.07) is -0.312. The fourth-order valence-corrected chi connectivity index (χ4v) is 2.59. The molecule has 0 aliphatic carbocycles. The molecule has 1 amide bonds. The van der Waals surface area contributed by atoms with Crippen LogP contribution >= 0.6 is 0 Å². The van der Waals surface area contributed by atoms with Crippen LogP contribution in [-0.2, 0) is 9.59 Å². The van der Waals surface area contributed by atoms with E-state index in [2.05, 4.69) is 12.2 Å². The molecule has 0 aromatic carbocycles. The molecule has 1 heterocycles. The van der Waals surface area contributed by atoms with E-state index in [-0.39, 0.29) is 17.9 Å². The van der Waals surface area contributed by atoms with Gasteiger partial charge in [0.1, 0.15) is 6.04 Å². The number of amides is 1. The number of hydrogen-bond acceptors (Lipinski definition) is 3. The highest BCUT2D eigenvalue weighted by molar-refractivity contribution is 5.79. The third-order valence-corrected chi connectivity index (χ3v) is 3.84. The lowest BCUT2D eigenvalue weighted by Gasteiger charge is -2.34.